The number of nitrogens with one attached hydrogen (secondary N) is 2. The van der Waals surface area contributed by atoms with Crippen molar-refractivity contribution >= 4 is 11.8 Å². The Morgan fingerprint density at radius 1 is 1.59 bits per heavy atom. The van der Waals surface area contributed by atoms with Crippen LogP contribution in [0, 0.1) is 6.92 Å². The smallest absolute Gasteiger partial charge is 0.240 e. The summed E-state index contributed by atoms with van der Waals surface area (Å²) in [6.07, 6.45) is 3.69. The van der Waals surface area contributed by atoms with Crippen LogP contribution in [0.25, 0.3) is 0 Å². The van der Waals surface area contributed by atoms with Gasteiger partial charge in [0.15, 0.2) is 0 Å². The van der Waals surface area contributed by atoms with Crippen LogP contribution in [0.3, 0.4) is 0 Å². The van der Waals surface area contributed by atoms with E-state index in [2.05, 4.69) is 25.7 Å². The zero-order valence-electron chi connectivity index (χ0n) is 12.7. The van der Waals surface area contributed by atoms with Gasteiger partial charge in [-0.25, -0.2) is 4.98 Å². The molecule has 1 aliphatic heterocycles. The Kier molecular flexibility index (Phi) is 4.21. The average Bonchev–Trinajstić information content (AvgIpc) is 3.08. The average molecular weight is 304 g/mol. The summed E-state index contributed by atoms with van der Waals surface area (Å²) in [6, 6.07) is 1.78. The van der Waals surface area contributed by atoms with Gasteiger partial charge in [-0.15, -0.1) is 0 Å². The van der Waals surface area contributed by atoms with Crippen LogP contribution in [0.5, 0.6) is 0 Å². The summed E-state index contributed by atoms with van der Waals surface area (Å²) >= 11 is 0. The zero-order valence-corrected chi connectivity index (χ0v) is 12.7. The van der Waals surface area contributed by atoms with Crippen LogP contribution in [0.4, 0.5) is 5.88 Å². The van der Waals surface area contributed by atoms with Crippen molar-refractivity contribution in [2.24, 2.45) is 7.05 Å². The van der Waals surface area contributed by atoms with Crippen LogP contribution in [0.1, 0.15) is 17.6 Å². The maximum atomic E-state index is 12.2. The third-order valence-electron chi connectivity index (χ3n) is 3.75. The molecule has 1 amide bonds. The van der Waals surface area contributed by atoms with Gasteiger partial charge in [0.05, 0.1) is 18.3 Å². The Balaban J connectivity index is 1.66. The van der Waals surface area contributed by atoms with Crippen LogP contribution in [-0.2, 0) is 11.8 Å². The van der Waals surface area contributed by atoms with Crippen molar-refractivity contribution in [3.8, 4) is 0 Å². The molecule has 1 atom stereocenters. The summed E-state index contributed by atoms with van der Waals surface area (Å²) in [6.45, 7) is 4.53. The lowest BCUT2D eigenvalue weighted by Crippen LogP contribution is -2.49. The van der Waals surface area contributed by atoms with E-state index >= 15 is 0 Å². The van der Waals surface area contributed by atoms with Crippen molar-refractivity contribution in [1.82, 2.24) is 24.9 Å². The van der Waals surface area contributed by atoms with Crippen LogP contribution >= 0.6 is 0 Å². The Morgan fingerprint density at radius 2 is 2.45 bits per heavy atom. The minimum Gasteiger partial charge on any atom is -0.338 e. The number of piperazine rings is 1. The molecule has 2 aromatic rings. The molecule has 1 saturated heterocycles. The minimum atomic E-state index is -0.114. The minimum absolute atomic E-state index is 0.0796. The quantitative estimate of drug-likeness (QED) is 0.845. The Hall–Kier alpha value is -2.19. The molecule has 2 N–H and O–H groups in total. The molecule has 2 aromatic heterocycles. The summed E-state index contributed by atoms with van der Waals surface area (Å²) < 4.78 is 7.00. The Labute approximate surface area is 128 Å². The highest BCUT2D eigenvalue weighted by molar-refractivity contribution is 5.91. The molecule has 0 spiro atoms. The molecule has 1 fully saturated rings. The molecule has 118 valence electrons. The summed E-state index contributed by atoms with van der Waals surface area (Å²) in [5, 5.41) is 9.84. The SMILES string of the molecule is Cc1cc(NC(=O)CN2CCNCC2c2nccn2C)on1. The van der Waals surface area contributed by atoms with E-state index in [1.54, 1.807) is 12.3 Å². The molecule has 0 aromatic carbocycles. The van der Waals surface area contributed by atoms with Crippen LogP contribution < -0.4 is 10.6 Å². The van der Waals surface area contributed by atoms with Crippen molar-refractivity contribution < 1.29 is 9.32 Å². The number of amides is 1. The maximum absolute atomic E-state index is 12.2. The second kappa shape index (κ2) is 6.29. The third-order valence-corrected chi connectivity index (χ3v) is 3.75. The molecule has 22 heavy (non-hydrogen) atoms. The van der Waals surface area contributed by atoms with E-state index < -0.39 is 0 Å². The van der Waals surface area contributed by atoms with E-state index in [1.807, 2.05) is 24.7 Å². The van der Waals surface area contributed by atoms with E-state index in [0.717, 1.165) is 31.2 Å². The van der Waals surface area contributed by atoms with Gasteiger partial charge in [0.1, 0.15) is 5.82 Å². The first kappa shape index (κ1) is 14.7. The topological polar surface area (TPSA) is 88.2 Å². The highest BCUT2D eigenvalue weighted by atomic mass is 16.5. The fraction of sp³-hybridized carbons (Fsp3) is 0.500. The van der Waals surface area contributed by atoms with E-state index in [4.69, 9.17) is 4.52 Å². The molecule has 0 bridgehead atoms. The van der Waals surface area contributed by atoms with Gasteiger partial charge in [-0.05, 0) is 6.92 Å². The Morgan fingerprint density at radius 3 is 3.14 bits per heavy atom. The van der Waals surface area contributed by atoms with Crippen molar-refractivity contribution in [3.63, 3.8) is 0 Å². The molecule has 0 aliphatic carbocycles. The lowest BCUT2D eigenvalue weighted by atomic mass is 10.1. The molecule has 1 aliphatic rings. The summed E-state index contributed by atoms with van der Waals surface area (Å²) in [5.41, 5.74) is 0.739. The number of aryl methyl sites for hydroxylation is 2. The van der Waals surface area contributed by atoms with Crippen LogP contribution in [-0.4, -0.2) is 51.7 Å². The first-order valence-electron chi connectivity index (χ1n) is 7.28. The molecule has 3 heterocycles. The number of aromatic nitrogens is 3. The van der Waals surface area contributed by atoms with E-state index in [0.29, 0.717) is 12.4 Å². The fourth-order valence-corrected chi connectivity index (χ4v) is 2.67. The van der Waals surface area contributed by atoms with Gasteiger partial charge in [0.2, 0.25) is 11.8 Å². The van der Waals surface area contributed by atoms with Crippen molar-refractivity contribution in [2.75, 3.05) is 31.5 Å². The number of anilines is 1. The second-order valence-electron chi connectivity index (χ2n) is 5.47. The lowest BCUT2D eigenvalue weighted by Gasteiger charge is -2.35. The van der Waals surface area contributed by atoms with Crippen molar-refractivity contribution in [3.05, 3.63) is 30.0 Å². The van der Waals surface area contributed by atoms with Gasteiger partial charge < -0.3 is 14.4 Å². The summed E-state index contributed by atoms with van der Waals surface area (Å²) in [4.78, 5) is 18.7. The molecular formula is C14H20N6O2. The number of carbonyl (C=O) groups is 1. The fourth-order valence-electron chi connectivity index (χ4n) is 2.67. The monoisotopic (exact) mass is 304 g/mol. The van der Waals surface area contributed by atoms with Crippen molar-refractivity contribution in [1.29, 1.82) is 0 Å². The number of rotatable bonds is 4. The first-order valence-corrected chi connectivity index (χ1v) is 7.28. The van der Waals surface area contributed by atoms with Crippen molar-refractivity contribution in [2.45, 2.75) is 13.0 Å². The number of carbonyl (C=O) groups excluding carboxylic acids is 1. The van der Waals surface area contributed by atoms with E-state index in [9.17, 15) is 4.79 Å². The highest BCUT2D eigenvalue weighted by Crippen LogP contribution is 2.20. The van der Waals surface area contributed by atoms with E-state index in [1.165, 1.54) is 0 Å². The number of nitrogens with zero attached hydrogens (tertiary/aromatic N) is 4. The predicted octanol–water partition coefficient (Wildman–Crippen LogP) is 0.302. The molecule has 8 nitrogen and oxygen atoms in total. The molecule has 8 heteroatoms. The normalized spacial score (nSPS) is 19.3. The molecule has 1 unspecified atom stereocenters. The van der Waals surface area contributed by atoms with E-state index in [-0.39, 0.29) is 11.9 Å². The molecule has 0 radical (unpaired) electrons. The number of hydrogen-bond donors (Lipinski definition) is 2. The van der Waals surface area contributed by atoms with Gasteiger partial charge in [0.25, 0.3) is 0 Å². The second-order valence-corrected chi connectivity index (χ2v) is 5.47. The summed E-state index contributed by atoms with van der Waals surface area (Å²) in [5.74, 6) is 1.22. The largest absolute Gasteiger partial charge is 0.338 e. The standard InChI is InChI=1S/C14H20N6O2/c1-10-7-13(22-18-10)17-12(21)9-20-6-3-15-8-11(20)14-16-4-5-19(14)2/h4-5,7,11,15H,3,6,8-9H2,1-2H3,(H,17,21). The van der Waals surface area contributed by atoms with Gasteiger partial charge >= 0.3 is 0 Å². The van der Waals surface area contributed by atoms with Gasteiger partial charge in [0, 0.05) is 45.1 Å². The molecular weight excluding hydrogens is 284 g/mol. The zero-order chi connectivity index (χ0) is 15.5. The number of imidazole rings is 1. The maximum Gasteiger partial charge on any atom is 0.240 e. The lowest BCUT2D eigenvalue weighted by molar-refractivity contribution is -0.118. The third kappa shape index (κ3) is 3.18. The van der Waals surface area contributed by atoms with Gasteiger partial charge in [-0.1, -0.05) is 5.16 Å². The van der Waals surface area contributed by atoms with Gasteiger partial charge in [-0.3, -0.25) is 15.0 Å². The number of hydrogen-bond acceptors (Lipinski definition) is 6. The highest BCUT2D eigenvalue weighted by Gasteiger charge is 2.28. The summed E-state index contributed by atoms with van der Waals surface area (Å²) in [7, 11) is 1.96. The van der Waals surface area contributed by atoms with Crippen LogP contribution in [0.15, 0.2) is 23.0 Å². The van der Waals surface area contributed by atoms with Gasteiger partial charge in [-0.2, -0.15) is 0 Å². The predicted molar refractivity (Wildman–Crippen MR) is 80.3 cm³/mol. The molecule has 3 rings (SSSR count). The Bertz CT molecular complexity index is 649. The first-order chi connectivity index (χ1) is 10.6. The van der Waals surface area contributed by atoms with Crippen LogP contribution in [0.2, 0.25) is 0 Å². The molecule has 0 saturated carbocycles.